The van der Waals surface area contributed by atoms with Crippen LogP contribution in [-0.2, 0) is 20.6 Å². The van der Waals surface area contributed by atoms with Gasteiger partial charge in [-0.1, -0.05) is 7.77 Å². The summed E-state index contributed by atoms with van der Waals surface area (Å²) < 4.78 is 63.7. The fourth-order valence-corrected chi connectivity index (χ4v) is 1.20. The lowest BCUT2D eigenvalue weighted by Gasteiger charge is -1.87. The summed E-state index contributed by atoms with van der Waals surface area (Å²) in [6.45, 7) is 0. The summed E-state index contributed by atoms with van der Waals surface area (Å²) in [5.41, 5.74) is 0. The second-order valence-corrected chi connectivity index (χ2v) is 4.23. The lowest BCUT2D eigenvalue weighted by molar-refractivity contribution is 0.518. The number of halogens is 2. The molecule has 11 heteroatoms. The highest BCUT2D eigenvalue weighted by atomic mass is 32.3. The summed E-state index contributed by atoms with van der Waals surface area (Å²) in [4.78, 5) is 0. The van der Waals surface area contributed by atoms with Crippen molar-refractivity contribution in [3.8, 4) is 0 Å². The summed E-state index contributed by atoms with van der Waals surface area (Å²) in [5, 5.41) is 3.94. The highest BCUT2D eigenvalue weighted by Gasteiger charge is 2.21. The van der Waals surface area contributed by atoms with E-state index in [-0.39, 0.29) is 6.20 Å². The van der Waals surface area contributed by atoms with Gasteiger partial charge in [0.05, 0.1) is 6.20 Å². The average Bonchev–Trinajstić information content (AvgIpc) is 2.28. The van der Waals surface area contributed by atoms with Crippen molar-refractivity contribution in [1.29, 1.82) is 0 Å². The molecule has 74 valence electrons. The Morgan fingerprint density at radius 1 is 1.23 bits per heavy atom. The van der Waals surface area contributed by atoms with Gasteiger partial charge >= 0.3 is 20.6 Å². The van der Waals surface area contributed by atoms with Crippen LogP contribution >= 0.6 is 0 Å². The van der Waals surface area contributed by atoms with Crippen LogP contribution < -0.4 is 0 Å². The second-order valence-electron chi connectivity index (χ2n) is 1.79. The van der Waals surface area contributed by atoms with Crippen LogP contribution in [0, 0.1) is 0 Å². The van der Waals surface area contributed by atoms with Crippen molar-refractivity contribution >= 4 is 20.6 Å². The van der Waals surface area contributed by atoms with Crippen LogP contribution in [0.4, 0.5) is 7.77 Å². The fourth-order valence-electron chi connectivity index (χ4n) is 0.452. The van der Waals surface area contributed by atoms with E-state index in [1.807, 2.05) is 0 Å². The molecule has 1 aromatic rings. The van der Waals surface area contributed by atoms with Crippen molar-refractivity contribution in [3.05, 3.63) is 6.20 Å². The van der Waals surface area contributed by atoms with Gasteiger partial charge in [0.25, 0.3) is 0 Å². The Labute approximate surface area is 71.5 Å². The Kier molecular flexibility index (Phi) is 2.07. The maximum Gasteiger partial charge on any atom is 0.435 e. The monoisotopic (exact) mass is 233 g/mol. The van der Waals surface area contributed by atoms with E-state index in [1.54, 1.807) is 0 Å². The molecule has 0 N–H and O–H groups in total. The van der Waals surface area contributed by atoms with Gasteiger partial charge in [0.2, 0.25) is 5.03 Å². The number of nitrogens with zero attached hydrogens (tertiary/aromatic N) is 3. The number of rotatable bonds is 2. The average molecular weight is 233 g/mol. The first kappa shape index (κ1) is 9.98. The molecule has 0 aliphatic heterocycles. The van der Waals surface area contributed by atoms with Crippen LogP contribution in [0.15, 0.2) is 11.2 Å². The molecule has 0 aromatic carbocycles. The summed E-state index contributed by atoms with van der Waals surface area (Å²) in [7, 11) is -10.4. The second kappa shape index (κ2) is 2.70. The molecule has 0 aliphatic carbocycles. The Balaban J connectivity index is 3.32. The van der Waals surface area contributed by atoms with Crippen molar-refractivity contribution in [1.82, 2.24) is 14.4 Å². The normalized spacial score (nSPS) is 13.1. The third-order valence-corrected chi connectivity index (χ3v) is 2.15. The summed E-state index contributed by atoms with van der Waals surface area (Å²) in [6, 6.07) is 0. The van der Waals surface area contributed by atoms with Crippen LogP contribution in [-0.4, -0.2) is 31.2 Å². The first-order valence-electron chi connectivity index (χ1n) is 2.53. The highest BCUT2D eigenvalue weighted by molar-refractivity contribution is 7.86. The zero-order chi connectivity index (χ0) is 10.3. The van der Waals surface area contributed by atoms with Gasteiger partial charge in [0.1, 0.15) is 0 Å². The van der Waals surface area contributed by atoms with Crippen molar-refractivity contribution in [2.24, 2.45) is 0 Å². The molecule has 13 heavy (non-hydrogen) atoms. The molecule has 0 unspecified atom stereocenters. The molecule has 1 rings (SSSR count). The standard InChI is InChI=1S/C2HF2N3O4S2/c3-12(8,9)2-1-5-7(6-2)13(4,10)11/h1H. The molecular weight excluding hydrogens is 232 g/mol. The molecule has 0 spiro atoms. The van der Waals surface area contributed by atoms with Gasteiger partial charge in [0.15, 0.2) is 0 Å². The maximum absolute atomic E-state index is 12.1. The molecular formula is C2HF2N3O4S2. The number of hydrogen-bond acceptors (Lipinski definition) is 6. The first-order chi connectivity index (χ1) is 5.71. The minimum atomic E-state index is -5.28. The minimum Gasteiger partial charge on any atom is -0.188 e. The van der Waals surface area contributed by atoms with Gasteiger partial charge in [-0.3, -0.25) is 0 Å². The van der Waals surface area contributed by atoms with Gasteiger partial charge in [-0.05, 0) is 4.20 Å². The van der Waals surface area contributed by atoms with Gasteiger partial charge in [0, 0.05) is 0 Å². The van der Waals surface area contributed by atoms with E-state index in [0.29, 0.717) is 0 Å². The third kappa shape index (κ3) is 2.18. The fraction of sp³-hybridized carbons (Fsp3) is 0. The van der Waals surface area contributed by atoms with Crippen molar-refractivity contribution in [2.45, 2.75) is 5.03 Å². The lowest BCUT2D eigenvalue weighted by Crippen LogP contribution is -2.10. The molecule has 0 bridgehead atoms. The van der Waals surface area contributed by atoms with Crippen molar-refractivity contribution in [2.75, 3.05) is 0 Å². The topological polar surface area (TPSA) is 99.0 Å². The van der Waals surface area contributed by atoms with Crippen LogP contribution in [0.25, 0.3) is 0 Å². The molecule has 0 aliphatic rings. The molecule has 7 nitrogen and oxygen atoms in total. The molecule has 1 aromatic heterocycles. The van der Waals surface area contributed by atoms with E-state index < -0.39 is 29.9 Å². The van der Waals surface area contributed by atoms with Crippen molar-refractivity contribution < 1.29 is 24.6 Å². The molecule has 0 saturated heterocycles. The molecule has 0 amide bonds. The molecule has 0 fully saturated rings. The summed E-state index contributed by atoms with van der Waals surface area (Å²) in [5.74, 6) is 0. The van der Waals surface area contributed by atoms with Crippen LogP contribution in [0.1, 0.15) is 0 Å². The predicted octanol–water partition coefficient (Wildman–Crippen LogP) is -1.00. The van der Waals surface area contributed by atoms with Crippen molar-refractivity contribution in [3.63, 3.8) is 0 Å². The highest BCUT2D eigenvalue weighted by Crippen LogP contribution is 2.07. The Bertz CT molecular complexity index is 469. The molecule has 0 saturated carbocycles. The molecule has 0 atom stereocenters. The predicted molar refractivity (Wildman–Crippen MR) is 33.7 cm³/mol. The largest absolute Gasteiger partial charge is 0.435 e. The van der Waals surface area contributed by atoms with E-state index in [0.717, 1.165) is 0 Å². The smallest absolute Gasteiger partial charge is 0.188 e. The van der Waals surface area contributed by atoms with E-state index in [9.17, 15) is 24.6 Å². The van der Waals surface area contributed by atoms with Crippen LogP contribution in [0.5, 0.6) is 0 Å². The molecule has 0 radical (unpaired) electrons. The van der Waals surface area contributed by atoms with Crippen LogP contribution in [0.3, 0.4) is 0 Å². The Morgan fingerprint density at radius 3 is 2.00 bits per heavy atom. The quantitative estimate of drug-likeness (QED) is 0.607. The Hall–Kier alpha value is -1.10. The van der Waals surface area contributed by atoms with Gasteiger partial charge < -0.3 is 0 Å². The zero-order valence-corrected chi connectivity index (χ0v) is 7.26. The number of hydrogen-bond donors (Lipinski definition) is 0. The lowest BCUT2D eigenvalue weighted by atomic mass is 11.0. The van der Waals surface area contributed by atoms with Crippen LogP contribution in [0.2, 0.25) is 0 Å². The molecule has 1 heterocycles. The van der Waals surface area contributed by atoms with Gasteiger partial charge in [-0.2, -0.15) is 16.8 Å². The summed E-state index contributed by atoms with van der Waals surface area (Å²) in [6.07, 6.45) is 0.270. The summed E-state index contributed by atoms with van der Waals surface area (Å²) >= 11 is 0. The Morgan fingerprint density at radius 2 is 1.77 bits per heavy atom. The third-order valence-electron chi connectivity index (χ3n) is 0.896. The van der Waals surface area contributed by atoms with E-state index in [4.69, 9.17) is 0 Å². The number of aromatic nitrogens is 3. The SMILES string of the molecule is O=S(=O)(F)c1cnn(S(=O)(=O)F)n1. The zero-order valence-electron chi connectivity index (χ0n) is 5.62. The minimum absolute atomic E-state index is 0.270. The van der Waals surface area contributed by atoms with E-state index in [2.05, 4.69) is 10.2 Å². The van der Waals surface area contributed by atoms with E-state index >= 15 is 0 Å². The van der Waals surface area contributed by atoms with E-state index in [1.165, 1.54) is 0 Å². The van der Waals surface area contributed by atoms with Gasteiger partial charge in [-0.15, -0.1) is 10.2 Å². The first-order valence-corrected chi connectivity index (χ1v) is 5.26. The maximum atomic E-state index is 12.1. The van der Waals surface area contributed by atoms with Gasteiger partial charge in [-0.25, -0.2) is 0 Å².